The summed E-state index contributed by atoms with van der Waals surface area (Å²) in [7, 11) is 0. The summed E-state index contributed by atoms with van der Waals surface area (Å²) in [5, 5.41) is 14.6. The number of guanidine groups is 1. The number of aromatic amines is 1. The van der Waals surface area contributed by atoms with Crippen LogP contribution in [0.2, 0.25) is 0 Å². The maximum atomic E-state index is 7.81. The number of hydrogen-bond donors (Lipinski definition) is 6. The van der Waals surface area contributed by atoms with Gasteiger partial charge in [-0.05, 0) is 31.9 Å². The normalized spacial score (nSPS) is 15.6. The molecule has 0 bridgehead atoms. The molecular weight excluding hydrogens is 366 g/mol. The number of nitrogens with one attached hydrogen (secondary N) is 3. The van der Waals surface area contributed by atoms with E-state index in [0.717, 1.165) is 47.3 Å². The zero-order chi connectivity index (χ0) is 20.8. The number of nitrogens with two attached hydrogens (primary N) is 3. The SMILES string of the molecule is CC[NH+]=CC(=CN)c1cnc2[nH]c(CC(N)=NC(=N)N=CC(=[NH2+])C3CC3)cc2c1. The number of aliphatic imine (C=N–C) groups is 2. The van der Waals surface area contributed by atoms with Crippen LogP contribution < -0.4 is 21.9 Å². The minimum Gasteiger partial charge on any atom is -0.404 e. The van der Waals surface area contributed by atoms with Crippen LogP contribution >= 0.6 is 0 Å². The molecule has 2 aromatic rings. The molecule has 3 rings (SSSR count). The van der Waals surface area contributed by atoms with E-state index in [4.69, 9.17) is 22.3 Å². The van der Waals surface area contributed by atoms with Crippen LogP contribution in [0.15, 0.2) is 34.5 Å². The Morgan fingerprint density at radius 2 is 2.24 bits per heavy atom. The Morgan fingerprint density at radius 3 is 2.93 bits per heavy atom. The first-order valence-electron chi connectivity index (χ1n) is 9.54. The standard InChI is InChI=1S/C20H25N9/c1-2-25-9-15(8-21)14-5-13-6-16(28-19(13)26-10-14)7-18(23)29-20(24)27-11-17(22)12-3-4-12/h5-6,8-12,22H,2-4,7,21H2,1H3,(H,26,28)(H3,23,24,29)/p+2. The number of fused-ring (bicyclic) bond motifs is 1. The summed E-state index contributed by atoms with van der Waals surface area (Å²) in [6.45, 7) is 2.83. The van der Waals surface area contributed by atoms with E-state index in [-0.39, 0.29) is 11.8 Å². The molecule has 2 aromatic heterocycles. The number of rotatable bonds is 7. The first-order chi connectivity index (χ1) is 14.0. The van der Waals surface area contributed by atoms with Gasteiger partial charge in [0.15, 0.2) is 11.9 Å². The van der Waals surface area contributed by atoms with Crippen molar-refractivity contribution in [2.75, 3.05) is 6.54 Å². The van der Waals surface area contributed by atoms with Crippen molar-refractivity contribution in [3.63, 3.8) is 0 Å². The second-order valence-electron chi connectivity index (χ2n) is 6.92. The first-order valence-corrected chi connectivity index (χ1v) is 9.54. The summed E-state index contributed by atoms with van der Waals surface area (Å²) in [6, 6.07) is 3.96. The predicted molar refractivity (Wildman–Crippen MR) is 117 cm³/mol. The van der Waals surface area contributed by atoms with Crippen molar-refractivity contribution in [1.29, 1.82) is 5.41 Å². The number of H-pyrrole nitrogens is 1. The Morgan fingerprint density at radius 1 is 1.45 bits per heavy atom. The van der Waals surface area contributed by atoms with Gasteiger partial charge in [0.05, 0.1) is 11.8 Å². The summed E-state index contributed by atoms with van der Waals surface area (Å²) >= 11 is 0. The molecule has 29 heavy (non-hydrogen) atoms. The third kappa shape index (κ3) is 5.44. The molecular formula is C20H27N9+2. The van der Waals surface area contributed by atoms with Crippen molar-refractivity contribution in [2.45, 2.75) is 26.2 Å². The second kappa shape index (κ2) is 9.05. The minimum absolute atomic E-state index is 0.167. The van der Waals surface area contributed by atoms with Gasteiger partial charge in [-0.2, -0.15) is 4.99 Å². The molecule has 0 radical (unpaired) electrons. The van der Waals surface area contributed by atoms with E-state index >= 15 is 0 Å². The van der Waals surface area contributed by atoms with Crippen LogP contribution in [0.5, 0.6) is 0 Å². The van der Waals surface area contributed by atoms with Crippen LogP contribution in [-0.4, -0.2) is 46.4 Å². The van der Waals surface area contributed by atoms with Gasteiger partial charge >= 0.3 is 0 Å². The molecule has 0 aromatic carbocycles. The lowest BCUT2D eigenvalue weighted by Gasteiger charge is -1.98. The van der Waals surface area contributed by atoms with E-state index in [0.29, 0.717) is 18.1 Å². The molecule has 9 nitrogen and oxygen atoms in total. The van der Waals surface area contributed by atoms with Crippen LogP contribution in [-0.2, 0) is 6.42 Å². The average molecular weight is 393 g/mol. The van der Waals surface area contributed by atoms with Crippen molar-refractivity contribution >= 4 is 46.5 Å². The molecule has 0 unspecified atom stereocenters. The van der Waals surface area contributed by atoms with Crippen molar-refractivity contribution in [1.82, 2.24) is 9.97 Å². The minimum atomic E-state index is -0.167. The van der Waals surface area contributed by atoms with E-state index in [1.165, 1.54) is 6.21 Å². The number of aromatic nitrogens is 2. The van der Waals surface area contributed by atoms with Gasteiger partial charge in [0.25, 0.3) is 0 Å². The van der Waals surface area contributed by atoms with Crippen molar-refractivity contribution < 1.29 is 10.4 Å². The van der Waals surface area contributed by atoms with Gasteiger partial charge in [-0.3, -0.25) is 10.8 Å². The summed E-state index contributed by atoms with van der Waals surface area (Å²) in [4.78, 5) is 18.8. The second-order valence-corrected chi connectivity index (χ2v) is 6.92. The number of allylic oxidation sites excluding steroid dienone is 1. The Kier molecular flexibility index (Phi) is 6.28. The molecule has 1 aliphatic rings. The van der Waals surface area contributed by atoms with Gasteiger partial charge in [0.2, 0.25) is 5.96 Å². The fraction of sp³-hybridized carbons (Fsp3) is 0.300. The smallest absolute Gasteiger partial charge is 0.243 e. The Labute approximate surface area is 168 Å². The fourth-order valence-corrected chi connectivity index (χ4v) is 2.82. The van der Waals surface area contributed by atoms with Crippen molar-refractivity contribution in [2.24, 2.45) is 27.4 Å². The molecule has 0 spiro atoms. The predicted octanol–water partition coefficient (Wildman–Crippen LogP) is -1.45. The van der Waals surface area contributed by atoms with Gasteiger partial charge in [0.1, 0.15) is 18.0 Å². The van der Waals surface area contributed by atoms with Crippen LogP contribution in [0.3, 0.4) is 0 Å². The molecule has 0 aliphatic heterocycles. The maximum Gasteiger partial charge on any atom is 0.243 e. The van der Waals surface area contributed by atoms with E-state index in [2.05, 4.69) is 24.9 Å². The molecule has 9 heteroatoms. The molecule has 1 aliphatic carbocycles. The molecule has 1 saturated carbocycles. The molecule has 0 atom stereocenters. The third-order valence-corrected chi connectivity index (χ3v) is 4.51. The maximum absolute atomic E-state index is 7.81. The Hall–Kier alpha value is -3.62. The highest BCUT2D eigenvalue weighted by Gasteiger charge is 2.29. The molecule has 0 amide bonds. The van der Waals surface area contributed by atoms with Crippen LogP contribution in [0.25, 0.3) is 16.6 Å². The molecule has 1 fully saturated rings. The molecule has 0 saturated heterocycles. The van der Waals surface area contributed by atoms with Gasteiger partial charge < -0.3 is 16.5 Å². The number of pyridine rings is 1. The quantitative estimate of drug-likeness (QED) is 0.250. The number of nitrogens with zero attached hydrogens (tertiary/aromatic N) is 3. The number of hydrogen-bond acceptors (Lipinski definition) is 3. The third-order valence-electron chi connectivity index (χ3n) is 4.51. The molecule has 150 valence electrons. The van der Waals surface area contributed by atoms with E-state index in [9.17, 15) is 0 Å². The topological polar surface area (TPSA) is 169 Å². The highest BCUT2D eigenvalue weighted by Crippen LogP contribution is 2.28. The van der Waals surface area contributed by atoms with Crippen LogP contribution in [0, 0.1) is 11.3 Å². The fourth-order valence-electron chi connectivity index (χ4n) is 2.82. The van der Waals surface area contributed by atoms with Gasteiger partial charge in [-0.15, -0.1) is 0 Å². The summed E-state index contributed by atoms with van der Waals surface area (Å²) in [5.41, 5.74) is 15.8. The van der Waals surface area contributed by atoms with E-state index < -0.39 is 0 Å². The largest absolute Gasteiger partial charge is 0.404 e. The van der Waals surface area contributed by atoms with Gasteiger partial charge in [-0.1, -0.05) is 0 Å². The number of amidine groups is 1. The van der Waals surface area contributed by atoms with E-state index in [1.807, 2.05) is 25.3 Å². The monoisotopic (exact) mass is 393 g/mol. The van der Waals surface area contributed by atoms with Crippen LogP contribution in [0.4, 0.5) is 0 Å². The van der Waals surface area contributed by atoms with E-state index in [1.54, 1.807) is 12.4 Å². The average Bonchev–Trinajstić information content (AvgIpc) is 3.47. The van der Waals surface area contributed by atoms with Gasteiger partial charge in [0, 0.05) is 41.4 Å². The lowest BCUT2D eigenvalue weighted by Crippen LogP contribution is -2.68. The zero-order valence-electron chi connectivity index (χ0n) is 16.4. The Bertz CT molecular complexity index is 1040. The summed E-state index contributed by atoms with van der Waals surface area (Å²) in [6.07, 6.45) is 9.19. The lowest BCUT2D eigenvalue weighted by molar-refractivity contribution is -0.445. The van der Waals surface area contributed by atoms with Crippen LogP contribution in [0.1, 0.15) is 31.0 Å². The highest BCUT2D eigenvalue weighted by atomic mass is 15.0. The summed E-state index contributed by atoms with van der Waals surface area (Å²) in [5.74, 6) is 0.521. The Balaban J connectivity index is 1.70. The van der Waals surface area contributed by atoms with Gasteiger partial charge in [-0.25, -0.2) is 15.0 Å². The highest BCUT2D eigenvalue weighted by molar-refractivity contribution is 6.31. The molecule has 9 N–H and O–H groups in total. The lowest BCUT2D eigenvalue weighted by atomic mass is 10.1. The summed E-state index contributed by atoms with van der Waals surface area (Å²) < 4.78 is 0. The molecule has 2 heterocycles. The first kappa shape index (κ1) is 20.1. The van der Waals surface area contributed by atoms with Crippen molar-refractivity contribution in [3.05, 3.63) is 35.8 Å². The van der Waals surface area contributed by atoms with Crippen molar-refractivity contribution in [3.8, 4) is 0 Å². The zero-order valence-corrected chi connectivity index (χ0v) is 16.4.